The number of nitrogens with zero attached hydrogens (tertiary/aromatic N) is 1. The summed E-state index contributed by atoms with van der Waals surface area (Å²) in [5.74, 6) is 1.64. The molecule has 1 atom stereocenters. The topological polar surface area (TPSA) is 42.7 Å². The number of hydrogen-bond donors (Lipinski definition) is 0. The minimum atomic E-state index is -0.108. The lowest BCUT2D eigenvalue weighted by Crippen LogP contribution is -2.35. The average Bonchev–Trinajstić information content (AvgIpc) is 3.24. The van der Waals surface area contributed by atoms with E-state index in [1.165, 1.54) is 5.56 Å². The van der Waals surface area contributed by atoms with Gasteiger partial charge in [0.15, 0.2) is 5.76 Å². The molecule has 2 aromatic carbocycles. The van der Waals surface area contributed by atoms with Gasteiger partial charge in [-0.3, -0.25) is 4.79 Å². The second-order valence-corrected chi connectivity index (χ2v) is 7.61. The molecule has 26 heavy (non-hydrogen) atoms. The molecule has 1 aliphatic rings. The van der Waals surface area contributed by atoms with Crippen molar-refractivity contribution in [2.75, 3.05) is 4.90 Å². The fourth-order valence-corrected chi connectivity index (χ4v) is 3.61. The van der Waals surface area contributed by atoms with Crippen molar-refractivity contribution in [3.05, 3.63) is 81.3 Å². The normalized spacial score (nSPS) is 15.8. The third-order valence-electron chi connectivity index (χ3n) is 4.49. The van der Waals surface area contributed by atoms with Crippen molar-refractivity contribution in [2.45, 2.75) is 26.0 Å². The first-order valence-corrected chi connectivity index (χ1v) is 9.58. The van der Waals surface area contributed by atoms with E-state index >= 15 is 0 Å². The van der Waals surface area contributed by atoms with Gasteiger partial charge in [0, 0.05) is 15.3 Å². The van der Waals surface area contributed by atoms with Crippen molar-refractivity contribution in [1.82, 2.24) is 0 Å². The van der Waals surface area contributed by atoms with E-state index in [-0.39, 0.29) is 11.9 Å². The van der Waals surface area contributed by atoms with Crippen LogP contribution in [0, 0.1) is 3.57 Å². The first kappa shape index (κ1) is 17.1. The van der Waals surface area contributed by atoms with E-state index in [1.54, 1.807) is 12.1 Å². The van der Waals surface area contributed by atoms with Crippen LogP contribution in [0.25, 0.3) is 0 Å². The molecule has 5 heteroatoms. The fourth-order valence-electron chi connectivity index (χ4n) is 3.25. The first-order chi connectivity index (χ1) is 12.6. The predicted molar refractivity (Wildman–Crippen MR) is 109 cm³/mol. The van der Waals surface area contributed by atoms with Crippen LogP contribution in [-0.2, 0) is 13.0 Å². The Morgan fingerprint density at radius 2 is 1.92 bits per heavy atom. The Bertz CT molecular complexity index is 932. The van der Waals surface area contributed by atoms with Gasteiger partial charge < -0.3 is 14.1 Å². The molecule has 4 nitrogen and oxygen atoms in total. The van der Waals surface area contributed by atoms with Gasteiger partial charge in [0.1, 0.15) is 18.1 Å². The Morgan fingerprint density at radius 3 is 2.73 bits per heavy atom. The highest BCUT2D eigenvalue weighted by Gasteiger charge is 2.32. The SMILES string of the molecule is CC1Cc2ccccc2N1C(=O)c1ccc(COc2ccc(I)cc2)o1. The molecule has 1 unspecified atom stereocenters. The van der Waals surface area contributed by atoms with Gasteiger partial charge in [-0.2, -0.15) is 0 Å². The van der Waals surface area contributed by atoms with Crippen LogP contribution in [0.3, 0.4) is 0 Å². The van der Waals surface area contributed by atoms with Crippen molar-refractivity contribution in [3.8, 4) is 5.75 Å². The number of furan rings is 1. The van der Waals surface area contributed by atoms with Crippen molar-refractivity contribution < 1.29 is 13.9 Å². The molecule has 4 rings (SSSR count). The molecule has 0 saturated heterocycles. The van der Waals surface area contributed by atoms with Gasteiger partial charge in [-0.15, -0.1) is 0 Å². The zero-order valence-corrected chi connectivity index (χ0v) is 16.5. The van der Waals surface area contributed by atoms with Crippen molar-refractivity contribution in [1.29, 1.82) is 0 Å². The molecule has 0 spiro atoms. The first-order valence-electron chi connectivity index (χ1n) is 8.50. The number of rotatable bonds is 4. The number of anilines is 1. The Kier molecular flexibility index (Phi) is 4.72. The summed E-state index contributed by atoms with van der Waals surface area (Å²) in [5, 5.41) is 0. The number of halogens is 1. The summed E-state index contributed by atoms with van der Waals surface area (Å²) in [6.45, 7) is 2.35. The van der Waals surface area contributed by atoms with Gasteiger partial charge in [-0.25, -0.2) is 0 Å². The Labute approximate surface area is 165 Å². The van der Waals surface area contributed by atoms with Crippen LogP contribution in [0.5, 0.6) is 5.75 Å². The van der Waals surface area contributed by atoms with E-state index < -0.39 is 0 Å². The van der Waals surface area contributed by atoms with Gasteiger partial charge in [0.2, 0.25) is 0 Å². The van der Waals surface area contributed by atoms with Crippen LogP contribution < -0.4 is 9.64 Å². The number of para-hydroxylation sites is 1. The summed E-state index contributed by atoms with van der Waals surface area (Å²) in [5.41, 5.74) is 2.17. The monoisotopic (exact) mass is 459 g/mol. The molecule has 132 valence electrons. The number of amides is 1. The van der Waals surface area contributed by atoms with Crippen molar-refractivity contribution >= 4 is 34.2 Å². The quantitative estimate of drug-likeness (QED) is 0.513. The van der Waals surface area contributed by atoms with Gasteiger partial charge in [0.25, 0.3) is 5.91 Å². The Hall–Kier alpha value is -2.28. The zero-order valence-electron chi connectivity index (χ0n) is 14.3. The van der Waals surface area contributed by atoms with E-state index in [0.717, 1.165) is 21.4 Å². The third-order valence-corrected chi connectivity index (χ3v) is 5.21. The highest BCUT2D eigenvalue weighted by atomic mass is 127. The number of hydrogen-bond acceptors (Lipinski definition) is 3. The number of carbonyl (C=O) groups excluding carboxylic acids is 1. The van der Waals surface area contributed by atoms with Crippen LogP contribution in [0.2, 0.25) is 0 Å². The van der Waals surface area contributed by atoms with E-state index in [9.17, 15) is 4.79 Å². The van der Waals surface area contributed by atoms with Crippen LogP contribution >= 0.6 is 22.6 Å². The second kappa shape index (κ2) is 7.15. The molecule has 0 radical (unpaired) electrons. The van der Waals surface area contributed by atoms with Crippen LogP contribution in [0.4, 0.5) is 5.69 Å². The van der Waals surface area contributed by atoms with E-state index in [1.807, 2.05) is 47.4 Å². The summed E-state index contributed by atoms with van der Waals surface area (Å²) < 4.78 is 12.6. The predicted octanol–water partition coefficient (Wildman–Crippen LogP) is 5.05. The maximum Gasteiger partial charge on any atom is 0.294 e. The van der Waals surface area contributed by atoms with Crippen molar-refractivity contribution in [2.24, 2.45) is 0 Å². The summed E-state index contributed by atoms with van der Waals surface area (Å²) in [4.78, 5) is 14.8. The van der Waals surface area contributed by atoms with Gasteiger partial charge in [-0.05, 0) is 84.0 Å². The molecular formula is C21H18INO3. The second-order valence-electron chi connectivity index (χ2n) is 6.37. The van der Waals surface area contributed by atoms with Gasteiger partial charge >= 0.3 is 0 Å². The standard InChI is InChI=1S/C21H18INO3/c1-14-12-15-4-2-3-5-19(15)23(14)21(24)20-11-10-18(26-20)13-25-17-8-6-16(22)7-9-17/h2-11,14H,12-13H2,1H3. The number of fused-ring (bicyclic) bond motifs is 1. The summed E-state index contributed by atoms with van der Waals surface area (Å²) in [6, 6.07) is 19.5. The molecule has 1 aliphatic heterocycles. The van der Waals surface area contributed by atoms with Gasteiger partial charge in [-0.1, -0.05) is 18.2 Å². The lowest BCUT2D eigenvalue weighted by molar-refractivity contribution is 0.0950. The lowest BCUT2D eigenvalue weighted by Gasteiger charge is -2.21. The lowest BCUT2D eigenvalue weighted by atomic mass is 10.1. The molecule has 1 aromatic heterocycles. The van der Waals surface area contributed by atoms with Crippen LogP contribution in [0.1, 0.15) is 28.8 Å². The molecule has 0 bridgehead atoms. The Morgan fingerprint density at radius 1 is 1.15 bits per heavy atom. The fraction of sp³-hybridized carbons (Fsp3) is 0.190. The molecule has 1 amide bonds. The number of benzene rings is 2. The molecule has 3 aromatic rings. The van der Waals surface area contributed by atoms with E-state index in [4.69, 9.17) is 9.15 Å². The van der Waals surface area contributed by atoms with Crippen LogP contribution in [0.15, 0.2) is 65.1 Å². The van der Waals surface area contributed by atoms with Crippen molar-refractivity contribution in [3.63, 3.8) is 0 Å². The minimum absolute atomic E-state index is 0.108. The number of ether oxygens (including phenoxy) is 1. The summed E-state index contributed by atoms with van der Waals surface area (Å²) in [7, 11) is 0. The molecular weight excluding hydrogens is 441 g/mol. The summed E-state index contributed by atoms with van der Waals surface area (Å²) >= 11 is 2.25. The largest absolute Gasteiger partial charge is 0.486 e. The molecule has 0 saturated carbocycles. The van der Waals surface area contributed by atoms with E-state index in [0.29, 0.717) is 18.1 Å². The number of carbonyl (C=O) groups is 1. The maximum absolute atomic E-state index is 12.9. The Balaban J connectivity index is 1.47. The van der Waals surface area contributed by atoms with Gasteiger partial charge in [0.05, 0.1) is 0 Å². The molecule has 2 heterocycles. The maximum atomic E-state index is 12.9. The average molecular weight is 459 g/mol. The highest BCUT2D eigenvalue weighted by molar-refractivity contribution is 14.1. The minimum Gasteiger partial charge on any atom is -0.486 e. The molecule has 0 aliphatic carbocycles. The zero-order chi connectivity index (χ0) is 18.1. The smallest absolute Gasteiger partial charge is 0.294 e. The highest BCUT2D eigenvalue weighted by Crippen LogP contribution is 2.33. The third kappa shape index (κ3) is 3.35. The molecule has 0 N–H and O–H groups in total. The van der Waals surface area contributed by atoms with E-state index in [2.05, 4.69) is 35.6 Å². The summed E-state index contributed by atoms with van der Waals surface area (Å²) in [6.07, 6.45) is 0.866. The van der Waals surface area contributed by atoms with Crippen LogP contribution in [-0.4, -0.2) is 11.9 Å². The molecule has 0 fully saturated rings.